The smallest absolute Gasteiger partial charge is 0.302 e. The van der Waals surface area contributed by atoms with Crippen LogP contribution in [0.25, 0.3) is 10.8 Å². The molecule has 53 heavy (non-hydrogen) atoms. The van der Waals surface area contributed by atoms with Crippen LogP contribution in [0.3, 0.4) is 0 Å². The van der Waals surface area contributed by atoms with Gasteiger partial charge in [-0.25, -0.2) is 0 Å². The van der Waals surface area contributed by atoms with Crippen molar-refractivity contribution >= 4 is 34.0 Å². The number of carbonyl (C=O) groups excluding carboxylic acids is 3. The lowest BCUT2D eigenvalue weighted by atomic mass is 9.89. The highest BCUT2D eigenvalue weighted by Crippen LogP contribution is 2.37. The van der Waals surface area contributed by atoms with E-state index in [1.807, 2.05) is 18.3 Å². The summed E-state index contributed by atoms with van der Waals surface area (Å²) in [6.07, 6.45) is 17.9. The normalized spacial score (nSPS) is 20.1. The second kappa shape index (κ2) is 17.1. The van der Waals surface area contributed by atoms with Crippen molar-refractivity contribution in [2.45, 2.75) is 90.7 Å². The zero-order chi connectivity index (χ0) is 37.5. The lowest BCUT2D eigenvalue weighted by molar-refractivity contribution is -0.148. The Hall–Kier alpha value is -5.25. The first kappa shape index (κ1) is 37.5. The van der Waals surface area contributed by atoms with Gasteiger partial charge in [-0.1, -0.05) is 37.6 Å². The van der Waals surface area contributed by atoms with Gasteiger partial charge in [0.2, 0.25) is 0 Å². The SMILES string of the molecule is CC[C@H]1CC[C@@H](OC(C)=O)CC(=O)C[C@H](c2ccc(O)c(OC)c2)n2cc3cccc(c3c2)N(CCC(C)=O)C2=CC(=CCN2)CCc2c[nH]cc2C1. The Bertz CT molecular complexity index is 2000. The van der Waals surface area contributed by atoms with Gasteiger partial charge in [0.1, 0.15) is 23.5 Å². The highest BCUT2D eigenvalue weighted by atomic mass is 16.5. The molecule has 0 radical (unpaired) electrons. The first-order valence-electron chi connectivity index (χ1n) is 18.8. The molecule has 0 amide bonds. The molecule has 2 aromatic heterocycles. The highest BCUT2D eigenvalue weighted by Gasteiger charge is 2.26. The number of ether oxygens (including phenoxy) is 2. The second-order valence-electron chi connectivity index (χ2n) is 14.5. The van der Waals surface area contributed by atoms with E-state index in [-0.39, 0.29) is 30.2 Å². The van der Waals surface area contributed by atoms with Crippen LogP contribution in [-0.2, 0) is 32.0 Å². The minimum Gasteiger partial charge on any atom is -0.504 e. The molecular formula is C43H52N4O6. The predicted molar refractivity (Wildman–Crippen MR) is 207 cm³/mol. The molecule has 2 aliphatic rings. The van der Waals surface area contributed by atoms with E-state index in [1.165, 1.54) is 30.7 Å². The number of nitrogens with one attached hydrogen (secondary N) is 2. The van der Waals surface area contributed by atoms with Crippen LogP contribution in [-0.4, -0.2) is 58.5 Å². The molecule has 0 spiro atoms. The molecule has 280 valence electrons. The molecule has 10 nitrogen and oxygen atoms in total. The van der Waals surface area contributed by atoms with Crippen molar-refractivity contribution in [3.63, 3.8) is 0 Å². The van der Waals surface area contributed by atoms with Crippen molar-refractivity contribution in [3.05, 3.63) is 101 Å². The Balaban J connectivity index is 1.46. The number of aromatic nitrogens is 2. The summed E-state index contributed by atoms with van der Waals surface area (Å²) in [5.41, 5.74) is 5.59. The summed E-state index contributed by atoms with van der Waals surface area (Å²) in [5.74, 6) is 1.33. The molecule has 0 unspecified atom stereocenters. The number of benzene rings is 2. The third kappa shape index (κ3) is 9.22. The number of allylic oxidation sites excluding steroid dienone is 2. The molecule has 10 heteroatoms. The Kier molecular flexibility index (Phi) is 12.1. The van der Waals surface area contributed by atoms with E-state index >= 15 is 0 Å². The van der Waals surface area contributed by atoms with Crippen LogP contribution in [0.1, 0.15) is 88.4 Å². The van der Waals surface area contributed by atoms with Crippen LogP contribution in [0, 0.1) is 5.92 Å². The van der Waals surface area contributed by atoms with E-state index < -0.39 is 18.1 Å². The molecule has 4 bridgehead atoms. The standard InChI is InChI=1S/C43H52N4O6/c1-5-30-10-13-37(53-29(3)49)22-36(50)23-40(32-12-14-41(51)42(21-32)52-4)46-26-34-7-6-8-39(38(34)27-46)47(18-16-28(2)48)43-20-31(15-17-45-43)9-11-33-24-44-25-35(33)19-30/h6-8,12,14-15,20-21,24-27,30,37,40,44-45,51H,5,9-11,13,16-19,22-23H2,1-4H3/t30-,37+,40+/m0/s1. The Morgan fingerprint density at radius 3 is 2.60 bits per heavy atom. The molecule has 3 N–H and O–H groups in total. The minimum absolute atomic E-state index is 0.0141. The lowest BCUT2D eigenvalue weighted by Gasteiger charge is -2.30. The van der Waals surface area contributed by atoms with Gasteiger partial charge in [0.05, 0.1) is 18.8 Å². The third-order valence-corrected chi connectivity index (χ3v) is 10.7. The van der Waals surface area contributed by atoms with Crippen LogP contribution < -0.4 is 15.0 Å². The summed E-state index contributed by atoms with van der Waals surface area (Å²) in [6.45, 7) is 6.40. The molecule has 0 fully saturated rings. The Morgan fingerprint density at radius 2 is 1.83 bits per heavy atom. The number of ketones is 2. The van der Waals surface area contributed by atoms with Crippen LogP contribution in [0.15, 0.2) is 84.7 Å². The van der Waals surface area contributed by atoms with Crippen molar-refractivity contribution in [1.82, 2.24) is 14.9 Å². The predicted octanol–water partition coefficient (Wildman–Crippen LogP) is 7.71. The maximum atomic E-state index is 14.1. The first-order valence-corrected chi connectivity index (χ1v) is 18.8. The summed E-state index contributed by atoms with van der Waals surface area (Å²) in [4.78, 5) is 44.2. The van der Waals surface area contributed by atoms with Crippen molar-refractivity contribution in [2.75, 3.05) is 25.1 Å². The number of methoxy groups -OCH3 is 1. The first-order chi connectivity index (χ1) is 25.6. The number of phenolic OH excluding ortho intramolecular Hbond substituents is 1. The number of anilines is 1. The largest absolute Gasteiger partial charge is 0.504 e. The van der Waals surface area contributed by atoms with Crippen LogP contribution in [0.2, 0.25) is 0 Å². The summed E-state index contributed by atoms with van der Waals surface area (Å²) < 4.78 is 13.3. The number of aromatic hydroxyl groups is 1. The fourth-order valence-electron chi connectivity index (χ4n) is 7.75. The monoisotopic (exact) mass is 720 g/mol. The summed E-state index contributed by atoms with van der Waals surface area (Å²) in [5, 5.41) is 16.0. The van der Waals surface area contributed by atoms with Gasteiger partial charge in [-0.05, 0) is 91.5 Å². The second-order valence-corrected chi connectivity index (χ2v) is 14.5. The molecular weight excluding hydrogens is 668 g/mol. The van der Waals surface area contributed by atoms with Gasteiger partial charge in [0, 0.05) is 74.8 Å². The van der Waals surface area contributed by atoms with E-state index in [0.717, 1.165) is 59.9 Å². The Labute approximate surface area is 311 Å². The van der Waals surface area contributed by atoms with E-state index in [1.54, 1.807) is 19.1 Å². The summed E-state index contributed by atoms with van der Waals surface area (Å²) in [6, 6.07) is 10.9. The average molecular weight is 721 g/mol. The number of phenols is 1. The number of aryl methyl sites for hydroxylation is 1. The fourth-order valence-corrected chi connectivity index (χ4v) is 7.75. The zero-order valence-electron chi connectivity index (χ0n) is 31.3. The minimum atomic E-state index is -0.527. The van der Waals surface area contributed by atoms with Crippen LogP contribution in [0.4, 0.5) is 5.69 Å². The topological polar surface area (TPSA) is 126 Å². The van der Waals surface area contributed by atoms with Gasteiger partial charge in [-0.2, -0.15) is 0 Å². The van der Waals surface area contributed by atoms with Gasteiger partial charge >= 0.3 is 5.97 Å². The number of rotatable bonds is 7. The number of hydrogen-bond acceptors (Lipinski definition) is 8. The average Bonchev–Trinajstić information content (AvgIpc) is 3.78. The van der Waals surface area contributed by atoms with Gasteiger partial charge in [-0.3, -0.25) is 14.4 Å². The molecule has 3 atom stereocenters. The molecule has 6 rings (SSSR count). The number of H-pyrrole nitrogens is 1. The number of dihydropyridines is 1. The van der Waals surface area contributed by atoms with E-state index in [4.69, 9.17) is 9.47 Å². The third-order valence-electron chi connectivity index (χ3n) is 10.7. The van der Waals surface area contributed by atoms with Gasteiger partial charge in [0.15, 0.2) is 11.5 Å². The number of nitrogens with zero attached hydrogens (tertiary/aromatic N) is 2. The summed E-state index contributed by atoms with van der Waals surface area (Å²) in [7, 11) is 1.50. The number of esters is 1. The molecule has 4 aromatic rings. The molecule has 0 saturated heterocycles. The van der Waals surface area contributed by atoms with Gasteiger partial charge in [0.25, 0.3) is 0 Å². The fraction of sp³-hybridized carbons (Fsp3) is 0.419. The van der Waals surface area contributed by atoms with Gasteiger partial charge < -0.3 is 34.3 Å². The molecule has 0 saturated carbocycles. The number of aromatic amines is 1. The van der Waals surface area contributed by atoms with Crippen molar-refractivity contribution in [2.24, 2.45) is 5.92 Å². The van der Waals surface area contributed by atoms with E-state index in [9.17, 15) is 19.5 Å². The van der Waals surface area contributed by atoms with Crippen molar-refractivity contribution in [3.8, 4) is 11.5 Å². The maximum Gasteiger partial charge on any atom is 0.302 e. The zero-order valence-corrected chi connectivity index (χ0v) is 31.3. The van der Waals surface area contributed by atoms with Crippen molar-refractivity contribution in [1.29, 1.82) is 0 Å². The van der Waals surface area contributed by atoms with E-state index in [0.29, 0.717) is 37.6 Å². The quantitative estimate of drug-likeness (QED) is 0.166. The summed E-state index contributed by atoms with van der Waals surface area (Å²) >= 11 is 0. The van der Waals surface area contributed by atoms with Crippen molar-refractivity contribution < 1.29 is 29.0 Å². The van der Waals surface area contributed by atoms with Gasteiger partial charge in [-0.15, -0.1) is 0 Å². The molecule has 4 heterocycles. The highest BCUT2D eigenvalue weighted by molar-refractivity contribution is 5.95. The van der Waals surface area contributed by atoms with Crippen LogP contribution >= 0.6 is 0 Å². The molecule has 0 aliphatic carbocycles. The van der Waals surface area contributed by atoms with E-state index in [2.05, 4.69) is 69.6 Å². The molecule has 2 aliphatic heterocycles. The number of hydrogen-bond donors (Lipinski definition) is 3. The number of Topliss-reactive ketones (excluding diaryl/α,β-unsaturated/α-hetero) is 2. The Morgan fingerprint density at radius 1 is 1.00 bits per heavy atom. The molecule has 2 aromatic carbocycles. The number of carbonyl (C=O) groups is 3. The van der Waals surface area contributed by atoms with Crippen LogP contribution in [0.5, 0.6) is 11.5 Å². The maximum absolute atomic E-state index is 14.1. The lowest BCUT2D eigenvalue weighted by Crippen LogP contribution is -2.35. The number of fused-ring (bicyclic) bond motifs is 3.